The molecule has 1 amide bonds. The van der Waals surface area contributed by atoms with Gasteiger partial charge in [0.2, 0.25) is 0 Å². The van der Waals surface area contributed by atoms with Crippen LogP contribution in [0.2, 0.25) is 0 Å². The van der Waals surface area contributed by atoms with E-state index >= 15 is 0 Å². The second-order valence-electron chi connectivity index (χ2n) is 5.00. The lowest BCUT2D eigenvalue weighted by atomic mass is 10.2. The summed E-state index contributed by atoms with van der Waals surface area (Å²) in [6, 6.07) is 9.97. The van der Waals surface area contributed by atoms with Crippen molar-refractivity contribution in [3.63, 3.8) is 0 Å². The highest BCUT2D eigenvalue weighted by atomic mass is 32.2. The number of thioether (sulfide) groups is 1. The zero-order valence-corrected chi connectivity index (χ0v) is 13.8. The monoisotopic (exact) mass is 320 g/mol. The minimum absolute atomic E-state index is 0.0287. The van der Waals surface area contributed by atoms with Gasteiger partial charge in [0.25, 0.3) is 5.91 Å². The summed E-state index contributed by atoms with van der Waals surface area (Å²) in [6.07, 6.45) is 1.38. The van der Waals surface area contributed by atoms with Gasteiger partial charge in [0.15, 0.2) is 0 Å². The third kappa shape index (κ3) is 3.90. The first-order valence-electron chi connectivity index (χ1n) is 7.09. The fraction of sp³-hybridized carbons (Fsp3) is 0.375. The van der Waals surface area contributed by atoms with Gasteiger partial charge in [-0.2, -0.15) is 0 Å². The van der Waals surface area contributed by atoms with Crippen molar-refractivity contribution in [1.82, 2.24) is 9.80 Å². The van der Waals surface area contributed by atoms with E-state index in [0.29, 0.717) is 18.2 Å². The molecule has 0 saturated carbocycles. The van der Waals surface area contributed by atoms with Gasteiger partial charge in [-0.15, -0.1) is 0 Å². The Bertz CT molecular complexity index is 574. The molecule has 0 unspecified atom stereocenters. The Balaban J connectivity index is 2.06. The van der Waals surface area contributed by atoms with Crippen LogP contribution < -0.4 is 0 Å². The van der Waals surface area contributed by atoms with Gasteiger partial charge >= 0.3 is 5.97 Å². The van der Waals surface area contributed by atoms with Crippen molar-refractivity contribution in [3.05, 3.63) is 47.0 Å². The molecule has 0 radical (unpaired) electrons. The molecular weight excluding hydrogens is 300 g/mol. The van der Waals surface area contributed by atoms with Crippen molar-refractivity contribution in [2.24, 2.45) is 0 Å². The fourth-order valence-electron chi connectivity index (χ4n) is 2.17. The highest BCUT2D eigenvalue weighted by Gasteiger charge is 2.37. The van der Waals surface area contributed by atoms with Crippen molar-refractivity contribution in [2.45, 2.75) is 18.8 Å². The standard InChI is InChI=1S/C16H20N2O3S/c1-4-21-14(19)10-13-18(3)15(20)16(22-13)17(2)11-12-8-6-5-7-9-12/h5-10,16H,4,11H2,1-3H3/b13-10-/t16-/m1/s1. The van der Waals surface area contributed by atoms with Crippen LogP contribution in [0.4, 0.5) is 0 Å². The number of amides is 1. The maximum absolute atomic E-state index is 12.4. The molecule has 1 fully saturated rings. The largest absolute Gasteiger partial charge is 0.463 e. The summed E-state index contributed by atoms with van der Waals surface area (Å²) in [5.74, 6) is -0.449. The molecule has 2 rings (SSSR count). The molecule has 0 spiro atoms. The molecular formula is C16H20N2O3S. The van der Waals surface area contributed by atoms with E-state index in [1.165, 1.54) is 22.7 Å². The van der Waals surface area contributed by atoms with Gasteiger partial charge in [0, 0.05) is 13.6 Å². The number of ether oxygens (including phenoxy) is 1. The van der Waals surface area contributed by atoms with Crippen molar-refractivity contribution in [3.8, 4) is 0 Å². The Morgan fingerprint density at radius 3 is 2.73 bits per heavy atom. The minimum Gasteiger partial charge on any atom is -0.463 e. The van der Waals surface area contributed by atoms with Crippen molar-refractivity contribution in [2.75, 3.05) is 20.7 Å². The van der Waals surface area contributed by atoms with Crippen LogP contribution in [0.5, 0.6) is 0 Å². The van der Waals surface area contributed by atoms with Gasteiger partial charge in [0.05, 0.1) is 17.7 Å². The summed E-state index contributed by atoms with van der Waals surface area (Å²) in [5, 5.41) is 0.291. The first-order chi connectivity index (χ1) is 10.5. The van der Waals surface area contributed by atoms with Crippen LogP contribution in [-0.4, -0.2) is 47.8 Å². The minimum atomic E-state index is -0.420. The molecule has 118 valence electrons. The molecule has 1 aromatic rings. The number of carbonyl (C=O) groups is 2. The van der Waals surface area contributed by atoms with E-state index in [9.17, 15) is 9.59 Å². The lowest BCUT2D eigenvalue weighted by Gasteiger charge is -2.21. The summed E-state index contributed by atoms with van der Waals surface area (Å²) in [4.78, 5) is 27.4. The van der Waals surface area contributed by atoms with E-state index in [1.54, 1.807) is 14.0 Å². The summed E-state index contributed by atoms with van der Waals surface area (Å²) < 4.78 is 4.90. The molecule has 0 bridgehead atoms. The number of hydrogen-bond donors (Lipinski definition) is 0. The van der Waals surface area contributed by atoms with E-state index in [0.717, 1.165) is 5.56 Å². The maximum atomic E-state index is 12.4. The number of rotatable bonds is 5. The SMILES string of the molecule is CCOC(=O)/C=C1\S[C@@H](N(C)Cc2ccccc2)C(=O)N1C. The molecule has 0 N–H and O–H groups in total. The number of nitrogens with zero attached hydrogens (tertiary/aromatic N) is 2. The Hall–Kier alpha value is -1.79. The molecule has 5 nitrogen and oxygen atoms in total. The van der Waals surface area contributed by atoms with Crippen molar-refractivity contribution in [1.29, 1.82) is 0 Å². The van der Waals surface area contributed by atoms with Crippen LogP contribution in [0.15, 0.2) is 41.4 Å². The molecule has 6 heteroatoms. The first kappa shape index (κ1) is 16.6. The predicted octanol–water partition coefficient (Wildman–Crippen LogP) is 2.05. The number of likely N-dealkylation sites (N-methyl/N-ethyl adjacent to an activating group) is 2. The van der Waals surface area contributed by atoms with Crippen LogP contribution >= 0.6 is 11.8 Å². The van der Waals surface area contributed by atoms with E-state index in [-0.39, 0.29) is 11.3 Å². The van der Waals surface area contributed by atoms with E-state index < -0.39 is 5.97 Å². The Labute approximate surface area is 134 Å². The highest BCUT2D eigenvalue weighted by molar-refractivity contribution is 8.04. The van der Waals surface area contributed by atoms with Crippen molar-refractivity contribution < 1.29 is 14.3 Å². The van der Waals surface area contributed by atoms with E-state index in [4.69, 9.17) is 4.74 Å². The summed E-state index contributed by atoms with van der Waals surface area (Å²) in [7, 11) is 3.58. The molecule has 22 heavy (non-hydrogen) atoms. The average Bonchev–Trinajstić information content (AvgIpc) is 2.77. The van der Waals surface area contributed by atoms with Crippen LogP contribution in [-0.2, 0) is 20.9 Å². The maximum Gasteiger partial charge on any atom is 0.333 e. The lowest BCUT2D eigenvalue weighted by molar-refractivity contribution is -0.137. The van der Waals surface area contributed by atoms with Crippen molar-refractivity contribution >= 4 is 23.6 Å². The second-order valence-corrected chi connectivity index (χ2v) is 6.10. The fourth-order valence-corrected chi connectivity index (χ4v) is 3.32. The smallest absolute Gasteiger partial charge is 0.333 e. The quantitative estimate of drug-likeness (QED) is 0.614. The summed E-state index contributed by atoms with van der Waals surface area (Å²) in [6.45, 7) is 2.75. The number of carbonyl (C=O) groups excluding carboxylic acids is 2. The third-order valence-corrected chi connectivity index (χ3v) is 4.73. The molecule has 0 aliphatic carbocycles. The van der Waals surface area contributed by atoms with Crippen LogP contribution in [0.3, 0.4) is 0 Å². The van der Waals surface area contributed by atoms with E-state index in [2.05, 4.69) is 0 Å². The normalized spacial score (nSPS) is 20.0. The van der Waals surface area contributed by atoms with Crippen LogP contribution in [0.25, 0.3) is 0 Å². The van der Waals surface area contributed by atoms with Crippen LogP contribution in [0, 0.1) is 0 Å². The third-order valence-electron chi connectivity index (χ3n) is 3.31. The summed E-state index contributed by atoms with van der Waals surface area (Å²) in [5.41, 5.74) is 1.14. The number of hydrogen-bond acceptors (Lipinski definition) is 5. The first-order valence-corrected chi connectivity index (χ1v) is 7.97. The van der Waals surface area contributed by atoms with Gasteiger partial charge in [-0.25, -0.2) is 4.79 Å². The Morgan fingerprint density at radius 1 is 1.41 bits per heavy atom. The lowest BCUT2D eigenvalue weighted by Crippen LogP contribution is -2.36. The average molecular weight is 320 g/mol. The Kier molecular flexibility index (Phi) is 5.63. The van der Waals surface area contributed by atoms with E-state index in [1.807, 2.05) is 42.3 Å². The van der Waals surface area contributed by atoms with Gasteiger partial charge in [-0.05, 0) is 19.5 Å². The number of esters is 1. The predicted molar refractivity (Wildman–Crippen MR) is 86.8 cm³/mol. The van der Waals surface area contributed by atoms with Crippen LogP contribution in [0.1, 0.15) is 12.5 Å². The summed E-state index contributed by atoms with van der Waals surface area (Å²) >= 11 is 1.37. The molecule has 1 aromatic carbocycles. The van der Waals surface area contributed by atoms with Gasteiger partial charge in [-0.1, -0.05) is 42.1 Å². The van der Waals surface area contributed by atoms with Gasteiger partial charge in [0.1, 0.15) is 5.37 Å². The zero-order valence-electron chi connectivity index (χ0n) is 13.0. The van der Waals surface area contributed by atoms with Gasteiger partial charge in [-0.3, -0.25) is 9.69 Å². The topological polar surface area (TPSA) is 49.9 Å². The molecule has 1 aliphatic rings. The highest BCUT2D eigenvalue weighted by Crippen LogP contribution is 2.35. The molecule has 1 aliphatic heterocycles. The number of benzene rings is 1. The van der Waals surface area contributed by atoms with Gasteiger partial charge < -0.3 is 9.64 Å². The Morgan fingerprint density at radius 2 is 2.09 bits per heavy atom. The zero-order chi connectivity index (χ0) is 16.1. The molecule has 1 heterocycles. The molecule has 1 saturated heterocycles. The second kappa shape index (κ2) is 7.47. The molecule has 1 atom stereocenters. The molecule has 0 aromatic heterocycles.